The molecule has 5 rings (SSSR count). The lowest BCUT2D eigenvalue weighted by molar-refractivity contribution is 0.0670. The van der Waals surface area contributed by atoms with E-state index in [1.165, 1.54) is 12.1 Å². The molecule has 10 heteroatoms. The van der Waals surface area contributed by atoms with Gasteiger partial charge in [-0.25, -0.2) is 9.18 Å². The summed E-state index contributed by atoms with van der Waals surface area (Å²) in [4.78, 5) is 14.0. The molecule has 3 heterocycles. The molecule has 0 spiro atoms. The normalized spacial score (nSPS) is 18.5. The van der Waals surface area contributed by atoms with Crippen molar-refractivity contribution in [2.24, 2.45) is 0 Å². The van der Waals surface area contributed by atoms with Crippen LogP contribution in [0.2, 0.25) is 0 Å². The third-order valence-electron chi connectivity index (χ3n) is 5.43. The molecule has 1 aromatic heterocycles. The number of hydrogen-bond acceptors (Lipinski definition) is 5. The number of urea groups is 1. The molecule has 2 aliphatic rings. The van der Waals surface area contributed by atoms with Crippen LogP contribution in [0, 0.1) is 5.82 Å². The van der Waals surface area contributed by atoms with Crippen molar-refractivity contribution in [1.82, 2.24) is 20.1 Å². The highest BCUT2D eigenvalue weighted by molar-refractivity contribution is 9.10. The minimum absolute atomic E-state index is 0.104. The Morgan fingerprint density at radius 1 is 1.19 bits per heavy atom. The van der Waals surface area contributed by atoms with Gasteiger partial charge in [-0.2, -0.15) is 0 Å². The predicted molar refractivity (Wildman–Crippen MR) is 117 cm³/mol. The second-order valence-electron chi connectivity index (χ2n) is 7.42. The van der Waals surface area contributed by atoms with Gasteiger partial charge in [-0.3, -0.25) is 9.47 Å². The zero-order valence-corrected chi connectivity index (χ0v) is 18.1. The van der Waals surface area contributed by atoms with E-state index in [1.807, 2.05) is 22.8 Å². The van der Waals surface area contributed by atoms with Gasteiger partial charge in [-0.15, -0.1) is 10.2 Å². The van der Waals surface area contributed by atoms with E-state index in [9.17, 15) is 9.18 Å². The Balaban J connectivity index is 1.48. The first kappa shape index (κ1) is 20.0. The van der Waals surface area contributed by atoms with Crippen molar-refractivity contribution in [2.45, 2.75) is 19.1 Å². The number of benzene rings is 2. The molecule has 3 aromatic rings. The summed E-state index contributed by atoms with van der Waals surface area (Å²) in [6, 6.07) is 11.8. The molecule has 0 radical (unpaired) electrons. The van der Waals surface area contributed by atoms with Gasteiger partial charge < -0.3 is 15.4 Å². The SMILES string of the molecule is O=C1NCCCN1c1ccc(Br)c(Nc2nnc3n2[C@H](c2ccc(F)cc2)COC3)c1. The van der Waals surface area contributed by atoms with Crippen LogP contribution in [-0.2, 0) is 11.3 Å². The summed E-state index contributed by atoms with van der Waals surface area (Å²) < 4.78 is 21.9. The van der Waals surface area contributed by atoms with Crippen molar-refractivity contribution in [3.8, 4) is 0 Å². The number of rotatable bonds is 4. The van der Waals surface area contributed by atoms with Crippen molar-refractivity contribution in [3.63, 3.8) is 0 Å². The highest BCUT2D eigenvalue weighted by atomic mass is 79.9. The van der Waals surface area contributed by atoms with Gasteiger partial charge in [0.2, 0.25) is 5.95 Å². The molecular weight excluding hydrogens is 467 g/mol. The zero-order valence-electron chi connectivity index (χ0n) is 16.5. The summed E-state index contributed by atoms with van der Waals surface area (Å²) >= 11 is 3.57. The highest BCUT2D eigenvalue weighted by Gasteiger charge is 2.27. The van der Waals surface area contributed by atoms with Gasteiger partial charge in [-0.1, -0.05) is 12.1 Å². The number of fused-ring (bicyclic) bond motifs is 1. The number of hydrogen-bond donors (Lipinski definition) is 2. The van der Waals surface area contributed by atoms with Gasteiger partial charge >= 0.3 is 6.03 Å². The van der Waals surface area contributed by atoms with Crippen molar-refractivity contribution in [1.29, 1.82) is 0 Å². The number of aromatic nitrogens is 3. The van der Waals surface area contributed by atoms with E-state index < -0.39 is 0 Å². The minimum atomic E-state index is -0.287. The molecule has 2 aromatic carbocycles. The van der Waals surface area contributed by atoms with Gasteiger partial charge in [0.25, 0.3) is 0 Å². The van der Waals surface area contributed by atoms with Crippen LogP contribution >= 0.6 is 15.9 Å². The molecular formula is C21H20BrFN6O2. The summed E-state index contributed by atoms with van der Waals surface area (Å²) in [6.07, 6.45) is 0.890. The van der Waals surface area contributed by atoms with Crippen LogP contribution in [0.5, 0.6) is 0 Å². The quantitative estimate of drug-likeness (QED) is 0.582. The Bertz CT molecular complexity index is 1120. The number of halogens is 2. The molecule has 0 unspecified atom stereocenters. The van der Waals surface area contributed by atoms with Crippen LogP contribution in [0.25, 0.3) is 0 Å². The lowest BCUT2D eigenvalue weighted by atomic mass is 10.1. The molecule has 2 amide bonds. The monoisotopic (exact) mass is 486 g/mol. The summed E-state index contributed by atoms with van der Waals surface area (Å²) in [6.45, 7) is 2.13. The summed E-state index contributed by atoms with van der Waals surface area (Å²) in [7, 11) is 0. The van der Waals surface area contributed by atoms with Crippen molar-refractivity contribution in [3.05, 3.63) is 64.1 Å². The van der Waals surface area contributed by atoms with E-state index in [0.717, 1.165) is 27.8 Å². The fraction of sp³-hybridized carbons (Fsp3) is 0.286. The molecule has 0 saturated carbocycles. The first-order chi connectivity index (χ1) is 15.1. The van der Waals surface area contributed by atoms with Crippen LogP contribution in [0.3, 0.4) is 0 Å². The lowest BCUT2D eigenvalue weighted by Crippen LogP contribution is -2.46. The van der Waals surface area contributed by atoms with Crippen LogP contribution in [0.4, 0.5) is 26.5 Å². The van der Waals surface area contributed by atoms with E-state index in [1.54, 1.807) is 17.0 Å². The molecule has 2 N–H and O–H groups in total. The molecule has 1 saturated heterocycles. The van der Waals surface area contributed by atoms with E-state index >= 15 is 0 Å². The smallest absolute Gasteiger partial charge is 0.321 e. The summed E-state index contributed by atoms with van der Waals surface area (Å²) in [5.41, 5.74) is 2.46. The molecule has 8 nitrogen and oxygen atoms in total. The van der Waals surface area contributed by atoms with Gasteiger partial charge in [-0.05, 0) is 58.2 Å². The zero-order chi connectivity index (χ0) is 21.4. The molecule has 0 aliphatic carbocycles. The summed E-state index contributed by atoms with van der Waals surface area (Å²) in [5.74, 6) is 0.949. The number of nitrogens with zero attached hydrogens (tertiary/aromatic N) is 4. The predicted octanol–water partition coefficient (Wildman–Crippen LogP) is 3.96. The number of carbonyl (C=O) groups is 1. The van der Waals surface area contributed by atoms with Gasteiger partial charge in [0, 0.05) is 23.2 Å². The fourth-order valence-corrected chi connectivity index (χ4v) is 4.22. The molecule has 160 valence electrons. The standard InChI is InChI=1S/C21H20BrFN6O2/c22-16-7-6-15(28-9-1-8-24-21(28)30)10-17(16)25-20-27-26-19-12-31-11-18(29(19)20)13-2-4-14(23)5-3-13/h2-7,10,18H,1,8-9,11-12H2,(H,24,30)(H,25,27)/t18-/m0/s1. The highest BCUT2D eigenvalue weighted by Crippen LogP contribution is 2.34. The number of ether oxygens (including phenoxy) is 1. The molecule has 2 aliphatic heterocycles. The van der Waals surface area contributed by atoms with E-state index in [4.69, 9.17) is 4.74 Å². The van der Waals surface area contributed by atoms with Crippen molar-refractivity contribution >= 4 is 39.3 Å². The Morgan fingerprint density at radius 3 is 2.84 bits per heavy atom. The topological polar surface area (TPSA) is 84.3 Å². The maximum absolute atomic E-state index is 13.4. The molecule has 1 fully saturated rings. The number of anilines is 3. The first-order valence-electron chi connectivity index (χ1n) is 9.99. The number of carbonyl (C=O) groups excluding carboxylic acids is 1. The lowest BCUT2D eigenvalue weighted by Gasteiger charge is -2.28. The Hall–Kier alpha value is -2.98. The van der Waals surface area contributed by atoms with E-state index in [-0.39, 0.29) is 17.9 Å². The van der Waals surface area contributed by atoms with Crippen LogP contribution in [0.1, 0.15) is 23.9 Å². The van der Waals surface area contributed by atoms with E-state index in [2.05, 4.69) is 36.8 Å². The molecule has 31 heavy (non-hydrogen) atoms. The Kier molecular flexibility index (Phi) is 5.33. The Labute approximate surface area is 186 Å². The third kappa shape index (κ3) is 3.88. The first-order valence-corrected chi connectivity index (χ1v) is 10.8. The second kappa shape index (κ2) is 8.27. The maximum atomic E-state index is 13.4. The number of nitrogens with one attached hydrogen (secondary N) is 2. The molecule has 0 bridgehead atoms. The number of amides is 2. The van der Waals surface area contributed by atoms with Gasteiger partial charge in [0.05, 0.1) is 18.3 Å². The van der Waals surface area contributed by atoms with Crippen LogP contribution in [0.15, 0.2) is 46.9 Å². The molecule has 1 atom stereocenters. The maximum Gasteiger partial charge on any atom is 0.321 e. The van der Waals surface area contributed by atoms with Crippen LogP contribution < -0.4 is 15.5 Å². The summed E-state index contributed by atoms with van der Waals surface area (Å²) in [5, 5.41) is 14.8. The van der Waals surface area contributed by atoms with Crippen molar-refractivity contribution in [2.75, 3.05) is 29.9 Å². The minimum Gasteiger partial charge on any atom is -0.371 e. The van der Waals surface area contributed by atoms with Crippen molar-refractivity contribution < 1.29 is 13.9 Å². The average molecular weight is 487 g/mol. The fourth-order valence-electron chi connectivity index (χ4n) is 3.87. The largest absolute Gasteiger partial charge is 0.371 e. The van der Waals surface area contributed by atoms with Crippen LogP contribution in [-0.4, -0.2) is 40.5 Å². The van der Waals surface area contributed by atoms with E-state index in [0.29, 0.717) is 38.1 Å². The van der Waals surface area contributed by atoms with Gasteiger partial charge in [0.1, 0.15) is 12.4 Å². The third-order valence-corrected chi connectivity index (χ3v) is 6.12. The van der Waals surface area contributed by atoms with Gasteiger partial charge in [0.15, 0.2) is 5.82 Å². The Morgan fingerprint density at radius 2 is 2.03 bits per heavy atom. The second-order valence-corrected chi connectivity index (χ2v) is 8.27. The average Bonchev–Trinajstić information content (AvgIpc) is 3.19.